The smallest absolute Gasteiger partial charge is 0.387 e. The Kier molecular flexibility index (Phi) is 3.60. The maximum Gasteiger partial charge on any atom is 0.574 e. The number of nitrogen functional groups attached to an aromatic ring is 1. The quantitative estimate of drug-likeness (QED) is 0.810. The van der Waals surface area contributed by atoms with Gasteiger partial charge in [0.15, 0.2) is 0 Å². The SMILES string of the molecule is NCc1c(C(F)(F)F)cc(N)nc1OC(F)(F)F. The van der Waals surface area contributed by atoms with Crippen molar-refractivity contribution in [3.8, 4) is 5.88 Å². The predicted octanol–water partition coefficient (Wildman–Crippen LogP) is 2.04. The monoisotopic (exact) mass is 275 g/mol. The summed E-state index contributed by atoms with van der Waals surface area (Å²) in [6.07, 6.45) is -10.1. The van der Waals surface area contributed by atoms with Crippen LogP contribution in [0.25, 0.3) is 0 Å². The minimum absolute atomic E-state index is 0.394. The van der Waals surface area contributed by atoms with E-state index in [2.05, 4.69) is 9.72 Å². The summed E-state index contributed by atoms with van der Waals surface area (Å²) in [7, 11) is 0. The number of halogens is 6. The highest BCUT2D eigenvalue weighted by molar-refractivity contribution is 5.45. The average molecular weight is 275 g/mol. The van der Waals surface area contributed by atoms with E-state index in [0.717, 1.165) is 0 Å². The van der Waals surface area contributed by atoms with Gasteiger partial charge in [-0.15, -0.1) is 13.2 Å². The Morgan fingerprint density at radius 3 is 2.11 bits per heavy atom. The fourth-order valence-corrected chi connectivity index (χ4v) is 1.21. The van der Waals surface area contributed by atoms with E-state index in [4.69, 9.17) is 11.5 Å². The molecule has 0 saturated carbocycles. The fourth-order valence-electron chi connectivity index (χ4n) is 1.21. The lowest BCUT2D eigenvalue weighted by Gasteiger charge is -2.17. The molecule has 0 spiro atoms. The molecule has 0 saturated heterocycles. The van der Waals surface area contributed by atoms with Crippen molar-refractivity contribution < 1.29 is 31.1 Å². The van der Waals surface area contributed by atoms with Gasteiger partial charge in [-0.25, -0.2) is 0 Å². The highest BCUT2D eigenvalue weighted by Gasteiger charge is 2.38. The molecule has 102 valence electrons. The van der Waals surface area contributed by atoms with Crippen molar-refractivity contribution in [3.63, 3.8) is 0 Å². The van der Waals surface area contributed by atoms with Gasteiger partial charge in [0.2, 0.25) is 5.88 Å². The summed E-state index contributed by atoms with van der Waals surface area (Å²) < 4.78 is 77.0. The second-order valence-corrected chi connectivity index (χ2v) is 3.13. The summed E-state index contributed by atoms with van der Waals surface area (Å²) in [4.78, 5) is 3.06. The molecule has 0 amide bonds. The van der Waals surface area contributed by atoms with Crippen LogP contribution in [0.2, 0.25) is 0 Å². The number of aromatic nitrogens is 1. The number of alkyl halides is 6. The van der Waals surface area contributed by atoms with Crippen LogP contribution < -0.4 is 16.2 Å². The zero-order chi connectivity index (χ0) is 14.1. The molecule has 10 heteroatoms. The van der Waals surface area contributed by atoms with Gasteiger partial charge in [0.05, 0.1) is 5.56 Å². The number of hydrogen-bond acceptors (Lipinski definition) is 4. The summed E-state index contributed by atoms with van der Waals surface area (Å²) >= 11 is 0. The molecule has 1 heterocycles. The Morgan fingerprint density at radius 2 is 1.72 bits per heavy atom. The first-order valence-corrected chi connectivity index (χ1v) is 4.37. The predicted molar refractivity (Wildman–Crippen MR) is 48.2 cm³/mol. The Morgan fingerprint density at radius 1 is 1.17 bits per heavy atom. The average Bonchev–Trinajstić information content (AvgIpc) is 2.12. The highest BCUT2D eigenvalue weighted by Crippen LogP contribution is 2.37. The van der Waals surface area contributed by atoms with Gasteiger partial charge in [0.1, 0.15) is 5.82 Å². The molecule has 1 rings (SSSR count). The number of anilines is 1. The zero-order valence-electron chi connectivity index (χ0n) is 8.56. The van der Waals surface area contributed by atoms with Crippen LogP contribution in [-0.4, -0.2) is 11.3 Å². The van der Waals surface area contributed by atoms with E-state index < -0.39 is 41.9 Å². The van der Waals surface area contributed by atoms with Crippen molar-refractivity contribution in [2.24, 2.45) is 5.73 Å². The molecule has 4 N–H and O–H groups in total. The first-order valence-electron chi connectivity index (χ1n) is 4.37. The largest absolute Gasteiger partial charge is 0.574 e. The lowest BCUT2D eigenvalue weighted by molar-refractivity contribution is -0.276. The van der Waals surface area contributed by atoms with Crippen LogP contribution in [0.4, 0.5) is 32.2 Å². The molecule has 4 nitrogen and oxygen atoms in total. The molecule has 1 aromatic heterocycles. The van der Waals surface area contributed by atoms with Gasteiger partial charge in [0.25, 0.3) is 0 Å². The third-order valence-corrected chi connectivity index (χ3v) is 1.83. The second-order valence-electron chi connectivity index (χ2n) is 3.13. The van der Waals surface area contributed by atoms with Crippen LogP contribution in [0.15, 0.2) is 6.07 Å². The zero-order valence-corrected chi connectivity index (χ0v) is 8.56. The van der Waals surface area contributed by atoms with Crippen LogP contribution in [-0.2, 0) is 12.7 Å². The first-order chi connectivity index (χ1) is 8.04. The lowest BCUT2D eigenvalue weighted by atomic mass is 10.1. The summed E-state index contributed by atoms with van der Waals surface area (Å²) in [5.41, 5.74) is 7.67. The van der Waals surface area contributed by atoms with E-state index in [1.165, 1.54) is 0 Å². The maximum atomic E-state index is 12.6. The van der Waals surface area contributed by atoms with Crippen molar-refractivity contribution in [3.05, 3.63) is 17.2 Å². The van der Waals surface area contributed by atoms with Crippen molar-refractivity contribution in [1.29, 1.82) is 0 Å². The summed E-state index contributed by atoms with van der Waals surface area (Å²) in [5, 5.41) is 0. The van der Waals surface area contributed by atoms with Gasteiger partial charge >= 0.3 is 12.5 Å². The van der Waals surface area contributed by atoms with Crippen molar-refractivity contribution in [2.45, 2.75) is 19.1 Å². The highest BCUT2D eigenvalue weighted by atomic mass is 19.4. The van der Waals surface area contributed by atoms with Crippen LogP contribution in [0.1, 0.15) is 11.1 Å². The second kappa shape index (κ2) is 4.52. The third kappa shape index (κ3) is 3.39. The molecule has 18 heavy (non-hydrogen) atoms. The molecule has 1 aromatic rings. The minimum Gasteiger partial charge on any atom is -0.387 e. The van der Waals surface area contributed by atoms with E-state index in [-0.39, 0.29) is 0 Å². The molecule has 0 unspecified atom stereocenters. The molecule has 0 atom stereocenters. The van der Waals surface area contributed by atoms with Gasteiger partial charge in [-0.05, 0) is 6.07 Å². The lowest BCUT2D eigenvalue weighted by Crippen LogP contribution is -2.22. The summed E-state index contributed by atoms with van der Waals surface area (Å²) in [5.74, 6) is -2.05. The number of ether oxygens (including phenoxy) is 1. The number of rotatable bonds is 2. The van der Waals surface area contributed by atoms with Gasteiger partial charge in [0, 0.05) is 12.1 Å². The Bertz CT molecular complexity index is 442. The molecular formula is C8H7F6N3O. The van der Waals surface area contributed by atoms with Crippen molar-refractivity contribution >= 4 is 5.82 Å². The van der Waals surface area contributed by atoms with Crippen LogP contribution in [0.5, 0.6) is 5.88 Å². The number of pyridine rings is 1. The van der Waals surface area contributed by atoms with Crippen LogP contribution >= 0.6 is 0 Å². The van der Waals surface area contributed by atoms with Gasteiger partial charge in [-0.1, -0.05) is 0 Å². The molecule has 0 radical (unpaired) electrons. The van der Waals surface area contributed by atoms with E-state index in [9.17, 15) is 26.3 Å². The first kappa shape index (κ1) is 14.4. The third-order valence-electron chi connectivity index (χ3n) is 1.83. The summed E-state index contributed by atoms with van der Waals surface area (Å²) in [6.45, 7) is -0.826. The van der Waals surface area contributed by atoms with E-state index in [1.54, 1.807) is 0 Å². The maximum absolute atomic E-state index is 12.6. The molecule has 0 aliphatic heterocycles. The Hall–Kier alpha value is -1.71. The van der Waals surface area contributed by atoms with Crippen LogP contribution in [0.3, 0.4) is 0 Å². The molecule has 0 bridgehead atoms. The van der Waals surface area contributed by atoms with E-state index >= 15 is 0 Å². The molecule has 0 aromatic carbocycles. The molecule has 0 fully saturated rings. The Labute approximate surface area is 96.5 Å². The normalized spacial score (nSPS) is 12.6. The van der Waals surface area contributed by atoms with Gasteiger partial charge in [-0.3, -0.25) is 0 Å². The topological polar surface area (TPSA) is 74.2 Å². The number of nitrogens with zero attached hydrogens (tertiary/aromatic N) is 1. The number of hydrogen-bond donors (Lipinski definition) is 2. The standard InChI is InChI=1S/C8H7F6N3O/c9-7(10,11)4-1-5(16)17-6(3(4)2-15)18-8(12,13)14/h1H,2,15H2,(H2,16,17). The molecule has 0 aliphatic carbocycles. The molecular weight excluding hydrogens is 268 g/mol. The van der Waals surface area contributed by atoms with Crippen LogP contribution in [0, 0.1) is 0 Å². The summed E-state index contributed by atoms with van der Waals surface area (Å²) in [6, 6.07) is 0.394. The van der Waals surface area contributed by atoms with Gasteiger partial charge < -0.3 is 16.2 Å². The number of nitrogens with two attached hydrogens (primary N) is 2. The Balaban J connectivity index is 3.39. The fraction of sp³-hybridized carbons (Fsp3) is 0.375. The molecule has 0 aliphatic rings. The van der Waals surface area contributed by atoms with E-state index in [0.29, 0.717) is 6.07 Å². The van der Waals surface area contributed by atoms with Gasteiger partial charge in [-0.2, -0.15) is 18.2 Å². The van der Waals surface area contributed by atoms with E-state index in [1.807, 2.05) is 0 Å². The van der Waals surface area contributed by atoms with Crippen molar-refractivity contribution in [2.75, 3.05) is 5.73 Å². The van der Waals surface area contributed by atoms with Crippen molar-refractivity contribution in [1.82, 2.24) is 4.98 Å². The minimum atomic E-state index is -5.19.